The molecule has 1 fully saturated rings. The van der Waals surface area contributed by atoms with Crippen molar-refractivity contribution in [3.63, 3.8) is 0 Å². The topological polar surface area (TPSA) is 82.1 Å². The molecule has 0 saturated heterocycles. The molecule has 5 atom stereocenters. The summed E-state index contributed by atoms with van der Waals surface area (Å²) in [4.78, 5) is 41.5. The van der Waals surface area contributed by atoms with Crippen LogP contribution in [0.3, 0.4) is 0 Å². The molecular formula is C55H103NO6. The number of hydrogen-bond acceptors (Lipinski definition) is 7. The summed E-state index contributed by atoms with van der Waals surface area (Å²) >= 11 is 0. The minimum absolute atomic E-state index is 0.0936. The fraction of sp³-hybridized carbons (Fsp3) is 0.909. The standard InChI is InChI=1S/C55H103NO6/c1-7-11-15-18-20-21-22-23-24-25-26-27-30-33-37-48(36-32-29-19-16-12-8-2)46-50(61-53(57)39-34-28-17-13-9-3)43-45-60-55(59)47-49-41-42-52(51(49)38-31-14-10-4)62-54(58)40-35-44-56(5)6/h14,31,48-52H,7-13,15-30,32-47H2,1-6H3/b31-14-. The number of allylic oxidation sites excluding steroid dienone is 2. The van der Waals surface area contributed by atoms with Crippen LogP contribution in [-0.2, 0) is 28.6 Å². The Bertz CT molecular complexity index is 1080. The summed E-state index contributed by atoms with van der Waals surface area (Å²) in [6.07, 6.45) is 45.6. The molecule has 7 nitrogen and oxygen atoms in total. The smallest absolute Gasteiger partial charge is 0.306 e. The van der Waals surface area contributed by atoms with Gasteiger partial charge in [0.1, 0.15) is 12.2 Å². The Hall–Kier alpha value is -1.89. The maximum absolute atomic E-state index is 13.4. The maximum atomic E-state index is 13.4. The van der Waals surface area contributed by atoms with E-state index in [1.165, 1.54) is 161 Å². The van der Waals surface area contributed by atoms with E-state index in [1.54, 1.807) is 0 Å². The SMILES string of the molecule is CC/C=C\CC1C(CC(=O)OCCC(CC(CCCCCCCC)CCCCCCCCCCCCCCCC)OC(=O)CCCCCCC)CCC1OC(=O)CCCN(C)C. The normalized spacial score (nSPS) is 17.5. The van der Waals surface area contributed by atoms with Gasteiger partial charge in [-0.3, -0.25) is 14.4 Å². The van der Waals surface area contributed by atoms with Gasteiger partial charge in [-0.05, 0) is 77.4 Å². The predicted molar refractivity (Wildman–Crippen MR) is 262 cm³/mol. The van der Waals surface area contributed by atoms with Crippen LogP contribution in [0.2, 0.25) is 0 Å². The van der Waals surface area contributed by atoms with E-state index in [0.717, 1.165) is 57.9 Å². The number of nitrogens with zero attached hydrogens (tertiary/aromatic N) is 1. The molecular weight excluding hydrogens is 771 g/mol. The van der Waals surface area contributed by atoms with Gasteiger partial charge in [0, 0.05) is 31.6 Å². The number of hydrogen-bond donors (Lipinski definition) is 0. The summed E-state index contributed by atoms with van der Waals surface area (Å²) in [6, 6.07) is 0. The van der Waals surface area contributed by atoms with Crippen molar-refractivity contribution in [2.24, 2.45) is 17.8 Å². The number of carbonyl (C=O) groups excluding carboxylic acids is 3. The van der Waals surface area contributed by atoms with Crippen LogP contribution in [-0.4, -0.2) is 62.3 Å². The lowest BCUT2D eigenvalue weighted by atomic mass is 9.88. The molecule has 1 aliphatic rings. The number of esters is 3. The van der Waals surface area contributed by atoms with Crippen LogP contribution >= 0.6 is 0 Å². The van der Waals surface area contributed by atoms with E-state index in [0.29, 0.717) is 31.6 Å². The van der Waals surface area contributed by atoms with Crippen LogP contribution in [0, 0.1) is 17.8 Å². The fourth-order valence-corrected chi connectivity index (χ4v) is 9.55. The van der Waals surface area contributed by atoms with Gasteiger partial charge in [0.25, 0.3) is 0 Å². The van der Waals surface area contributed by atoms with Gasteiger partial charge in [-0.2, -0.15) is 0 Å². The minimum Gasteiger partial charge on any atom is -0.466 e. The summed E-state index contributed by atoms with van der Waals surface area (Å²) in [7, 11) is 4.03. The van der Waals surface area contributed by atoms with Gasteiger partial charge < -0.3 is 19.1 Å². The zero-order chi connectivity index (χ0) is 45.3. The Balaban J connectivity index is 2.80. The van der Waals surface area contributed by atoms with Gasteiger partial charge in [0.2, 0.25) is 0 Å². The average Bonchev–Trinajstić information content (AvgIpc) is 3.61. The Morgan fingerprint density at radius 3 is 1.58 bits per heavy atom. The first-order valence-electron chi connectivity index (χ1n) is 27.1. The van der Waals surface area contributed by atoms with Crippen LogP contribution < -0.4 is 0 Å². The highest BCUT2D eigenvalue weighted by Crippen LogP contribution is 2.39. The predicted octanol–water partition coefficient (Wildman–Crippen LogP) is 15.8. The average molecular weight is 874 g/mol. The molecule has 0 N–H and O–H groups in total. The summed E-state index contributed by atoms with van der Waals surface area (Å²) in [5.74, 6) is 0.344. The van der Waals surface area contributed by atoms with Gasteiger partial charge in [0.15, 0.2) is 0 Å². The van der Waals surface area contributed by atoms with Crippen molar-refractivity contribution < 1.29 is 28.6 Å². The van der Waals surface area contributed by atoms with Gasteiger partial charge in [-0.15, -0.1) is 0 Å². The second-order valence-electron chi connectivity index (χ2n) is 19.6. The number of ether oxygens (including phenoxy) is 3. The highest BCUT2D eigenvalue weighted by Gasteiger charge is 2.39. The van der Waals surface area contributed by atoms with Crippen molar-refractivity contribution in [3.05, 3.63) is 12.2 Å². The molecule has 62 heavy (non-hydrogen) atoms. The van der Waals surface area contributed by atoms with Gasteiger partial charge in [-0.1, -0.05) is 207 Å². The van der Waals surface area contributed by atoms with Gasteiger partial charge in [0.05, 0.1) is 6.61 Å². The van der Waals surface area contributed by atoms with Crippen molar-refractivity contribution >= 4 is 17.9 Å². The van der Waals surface area contributed by atoms with Crippen molar-refractivity contribution in [2.75, 3.05) is 27.2 Å². The third-order valence-corrected chi connectivity index (χ3v) is 13.4. The molecule has 7 heteroatoms. The Morgan fingerprint density at radius 2 is 1.06 bits per heavy atom. The summed E-state index contributed by atoms with van der Waals surface area (Å²) in [5.41, 5.74) is 0. The Labute approximate surface area is 384 Å². The number of unbranched alkanes of at least 4 members (excludes halogenated alkanes) is 22. The molecule has 364 valence electrons. The third kappa shape index (κ3) is 33.6. The van der Waals surface area contributed by atoms with E-state index in [4.69, 9.17) is 14.2 Å². The molecule has 1 rings (SSSR count). The third-order valence-electron chi connectivity index (χ3n) is 13.4. The van der Waals surface area contributed by atoms with Crippen molar-refractivity contribution in [2.45, 2.75) is 277 Å². The molecule has 0 heterocycles. The van der Waals surface area contributed by atoms with E-state index in [1.807, 2.05) is 14.1 Å². The minimum atomic E-state index is -0.225. The molecule has 0 aliphatic heterocycles. The van der Waals surface area contributed by atoms with Crippen molar-refractivity contribution in [3.8, 4) is 0 Å². The Morgan fingerprint density at radius 1 is 0.565 bits per heavy atom. The van der Waals surface area contributed by atoms with Gasteiger partial charge in [-0.25, -0.2) is 0 Å². The van der Waals surface area contributed by atoms with Crippen LogP contribution in [0.4, 0.5) is 0 Å². The molecule has 1 saturated carbocycles. The van der Waals surface area contributed by atoms with Crippen LogP contribution in [0.15, 0.2) is 12.2 Å². The fourth-order valence-electron chi connectivity index (χ4n) is 9.55. The molecule has 0 bridgehead atoms. The first-order chi connectivity index (χ1) is 30.2. The summed E-state index contributed by atoms with van der Waals surface area (Å²) in [6.45, 7) is 10.0. The molecule has 0 aromatic carbocycles. The molecule has 1 aliphatic carbocycles. The quantitative estimate of drug-likeness (QED) is 0.0261. The van der Waals surface area contributed by atoms with E-state index in [2.05, 4.69) is 44.7 Å². The van der Waals surface area contributed by atoms with Crippen molar-refractivity contribution in [1.29, 1.82) is 0 Å². The first-order valence-corrected chi connectivity index (χ1v) is 27.1. The number of rotatable bonds is 44. The Kier molecular flexibility index (Phi) is 39.2. The largest absolute Gasteiger partial charge is 0.466 e. The highest BCUT2D eigenvalue weighted by atomic mass is 16.6. The molecule has 0 spiro atoms. The lowest BCUT2D eigenvalue weighted by Gasteiger charge is -2.25. The summed E-state index contributed by atoms with van der Waals surface area (Å²) in [5, 5.41) is 0. The van der Waals surface area contributed by atoms with Crippen LogP contribution in [0.1, 0.15) is 265 Å². The monoisotopic (exact) mass is 874 g/mol. The molecule has 0 amide bonds. The van der Waals surface area contributed by atoms with E-state index in [9.17, 15) is 14.4 Å². The highest BCUT2D eigenvalue weighted by molar-refractivity contribution is 5.71. The zero-order valence-electron chi connectivity index (χ0n) is 42.0. The van der Waals surface area contributed by atoms with E-state index in [-0.39, 0.29) is 48.6 Å². The van der Waals surface area contributed by atoms with Crippen LogP contribution in [0.5, 0.6) is 0 Å². The lowest BCUT2D eigenvalue weighted by molar-refractivity contribution is -0.152. The van der Waals surface area contributed by atoms with Crippen molar-refractivity contribution in [1.82, 2.24) is 4.90 Å². The number of carbonyl (C=O) groups is 3. The molecule has 0 radical (unpaired) electrons. The van der Waals surface area contributed by atoms with E-state index < -0.39 is 0 Å². The van der Waals surface area contributed by atoms with Gasteiger partial charge >= 0.3 is 17.9 Å². The second kappa shape index (κ2) is 41.8. The molecule has 0 aromatic rings. The summed E-state index contributed by atoms with van der Waals surface area (Å²) < 4.78 is 18.2. The lowest BCUT2D eigenvalue weighted by Crippen LogP contribution is -2.27. The first kappa shape index (κ1) is 58.1. The van der Waals surface area contributed by atoms with Crippen LogP contribution in [0.25, 0.3) is 0 Å². The maximum Gasteiger partial charge on any atom is 0.306 e. The zero-order valence-corrected chi connectivity index (χ0v) is 42.0. The second-order valence-corrected chi connectivity index (χ2v) is 19.6. The van der Waals surface area contributed by atoms with E-state index >= 15 is 0 Å². The molecule has 0 aromatic heterocycles. The molecule has 5 unspecified atom stereocenters.